The number of aromatic nitrogens is 4. The summed E-state index contributed by atoms with van der Waals surface area (Å²) in [7, 11) is 0. The van der Waals surface area contributed by atoms with E-state index in [1.807, 2.05) is 49.9 Å². The fraction of sp³-hybridized carbons (Fsp3) is 0.333. The number of hydrogen-bond acceptors (Lipinski definition) is 5. The van der Waals surface area contributed by atoms with Crippen molar-refractivity contribution in [1.29, 1.82) is 0 Å². The molecule has 0 bridgehead atoms. The molecule has 0 saturated carbocycles. The third-order valence-electron chi connectivity index (χ3n) is 6.01. The van der Waals surface area contributed by atoms with Gasteiger partial charge in [0.1, 0.15) is 11.3 Å². The lowest BCUT2D eigenvalue weighted by molar-refractivity contribution is -0.125. The summed E-state index contributed by atoms with van der Waals surface area (Å²) in [6.45, 7) is 5.89. The Morgan fingerprint density at radius 1 is 1.44 bits per heavy atom. The Bertz CT molecular complexity index is 1190. The van der Waals surface area contributed by atoms with Gasteiger partial charge in [-0.25, -0.2) is 4.39 Å². The number of nitrogens with zero attached hydrogens (tertiary/aromatic N) is 4. The van der Waals surface area contributed by atoms with E-state index in [1.165, 1.54) is 17.4 Å². The second-order valence-electron chi connectivity index (χ2n) is 8.44. The average Bonchev–Trinajstić information content (AvgIpc) is 3.44. The molecule has 1 aliphatic carbocycles. The smallest absolute Gasteiger partial charge is 0.232 e. The molecule has 2 atom stereocenters. The maximum absolute atomic E-state index is 13.4. The van der Waals surface area contributed by atoms with Crippen molar-refractivity contribution in [2.45, 2.75) is 45.6 Å². The molecule has 0 fully saturated rings. The van der Waals surface area contributed by atoms with Crippen molar-refractivity contribution in [3.63, 3.8) is 0 Å². The lowest BCUT2D eigenvalue weighted by Gasteiger charge is -2.32. The van der Waals surface area contributed by atoms with Crippen LogP contribution in [0.2, 0.25) is 0 Å². The van der Waals surface area contributed by atoms with Crippen molar-refractivity contribution in [1.82, 2.24) is 20.0 Å². The molecule has 2 heterocycles. The minimum atomic E-state index is -0.691. The van der Waals surface area contributed by atoms with E-state index in [-0.39, 0.29) is 23.7 Å². The summed E-state index contributed by atoms with van der Waals surface area (Å²) in [5.41, 5.74) is 2.96. The zero-order valence-corrected chi connectivity index (χ0v) is 19.1. The first-order valence-electron chi connectivity index (χ1n) is 10.6. The zero-order valence-electron chi connectivity index (χ0n) is 18.3. The van der Waals surface area contributed by atoms with Gasteiger partial charge in [0, 0.05) is 11.3 Å². The number of carbonyl (C=O) groups excluding carboxylic acids is 1. The highest BCUT2D eigenvalue weighted by Crippen LogP contribution is 2.41. The minimum absolute atomic E-state index is 0.00852. The highest BCUT2D eigenvalue weighted by atomic mass is 32.1. The van der Waals surface area contributed by atoms with E-state index < -0.39 is 5.41 Å². The molecule has 8 heteroatoms. The van der Waals surface area contributed by atoms with Crippen LogP contribution in [0.25, 0.3) is 10.9 Å². The minimum Gasteiger partial charge on any atom is -0.300 e. The molecule has 1 aliphatic rings. The Kier molecular flexibility index (Phi) is 6.32. The van der Waals surface area contributed by atoms with Gasteiger partial charge in [0.25, 0.3) is 0 Å². The third kappa shape index (κ3) is 4.41. The summed E-state index contributed by atoms with van der Waals surface area (Å²) < 4.78 is 15.3. The molecule has 2 aromatic heterocycles. The normalized spacial score (nSPS) is 17.6. The highest BCUT2D eigenvalue weighted by molar-refractivity contribution is 7.13. The van der Waals surface area contributed by atoms with E-state index in [0.29, 0.717) is 11.6 Å². The predicted octanol–water partition coefficient (Wildman–Crippen LogP) is 5.96. The molecule has 4 rings (SSSR count). The monoisotopic (exact) mass is 451 g/mol. The number of hydrogen-bond donors (Lipinski definition) is 1. The average molecular weight is 452 g/mol. The second-order valence-corrected chi connectivity index (χ2v) is 9.27. The lowest BCUT2D eigenvalue weighted by Crippen LogP contribution is -2.36. The van der Waals surface area contributed by atoms with Gasteiger partial charge in [-0.2, -0.15) is 5.10 Å². The Hall–Kier alpha value is -3.13. The second kappa shape index (κ2) is 9.16. The van der Waals surface area contributed by atoms with Crippen LogP contribution in [-0.2, 0) is 4.79 Å². The van der Waals surface area contributed by atoms with Crippen LogP contribution in [0.3, 0.4) is 0 Å². The molecule has 32 heavy (non-hydrogen) atoms. The molecule has 2 unspecified atom stereocenters. The molecule has 166 valence electrons. The van der Waals surface area contributed by atoms with E-state index >= 15 is 0 Å². The maximum atomic E-state index is 13.4. The molecule has 6 nitrogen and oxygen atoms in total. The van der Waals surface area contributed by atoms with E-state index in [0.717, 1.165) is 22.9 Å². The number of carbonyl (C=O) groups is 1. The third-order valence-corrected chi connectivity index (χ3v) is 6.62. The topological polar surface area (TPSA) is 72.7 Å². The number of halogens is 1. The van der Waals surface area contributed by atoms with Crippen LogP contribution in [-0.4, -0.2) is 25.9 Å². The van der Waals surface area contributed by atoms with E-state index in [2.05, 4.69) is 38.8 Å². The molecule has 0 radical (unpaired) electrons. The first-order chi connectivity index (χ1) is 15.4. The predicted molar refractivity (Wildman–Crippen MR) is 126 cm³/mol. The first-order valence-corrected chi connectivity index (χ1v) is 11.5. The van der Waals surface area contributed by atoms with Crippen molar-refractivity contribution in [2.75, 3.05) is 5.32 Å². The fourth-order valence-electron chi connectivity index (χ4n) is 4.08. The van der Waals surface area contributed by atoms with Gasteiger partial charge in [0.15, 0.2) is 0 Å². The van der Waals surface area contributed by atoms with Gasteiger partial charge in [-0.1, -0.05) is 49.5 Å². The SMILES string of the molecule is C/C=C/CC(c1ccc2c(cnn2C2C=CC(F)=CC2)c1)C(C)(C)C(=O)Nc1nncs1. The molecule has 1 amide bonds. The Morgan fingerprint density at radius 3 is 2.97 bits per heavy atom. The van der Waals surface area contributed by atoms with Crippen LogP contribution in [0.4, 0.5) is 9.52 Å². The van der Waals surface area contributed by atoms with Crippen LogP contribution in [0, 0.1) is 5.41 Å². The van der Waals surface area contributed by atoms with Gasteiger partial charge in [0.2, 0.25) is 11.0 Å². The summed E-state index contributed by atoms with van der Waals surface area (Å²) in [5, 5.41) is 16.7. The van der Waals surface area contributed by atoms with Crippen LogP contribution in [0.15, 0.2) is 66.1 Å². The summed E-state index contributed by atoms with van der Waals surface area (Å²) in [4.78, 5) is 13.2. The van der Waals surface area contributed by atoms with Crippen molar-refractivity contribution in [3.8, 4) is 0 Å². The Balaban J connectivity index is 1.65. The van der Waals surface area contributed by atoms with Gasteiger partial charge in [-0.15, -0.1) is 10.2 Å². The quantitative estimate of drug-likeness (QED) is 0.450. The number of amides is 1. The van der Waals surface area contributed by atoms with Gasteiger partial charge in [-0.3, -0.25) is 9.48 Å². The van der Waals surface area contributed by atoms with Gasteiger partial charge in [-0.05, 0) is 49.6 Å². The molecule has 0 spiro atoms. The van der Waals surface area contributed by atoms with Crippen molar-refractivity contribution >= 4 is 33.3 Å². The summed E-state index contributed by atoms with van der Waals surface area (Å²) in [5.74, 6) is -0.354. The molecular formula is C24H26FN5OS. The molecule has 3 aromatic rings. The van der Waals surface area contributed by atoms with Crippen LogP contribution >= 0.6 is 11.3 Å². The summed E-state index contributed by atoms with van der Waals surface area (Å²) >= 11 is 1.30. The largest absolute Gasteiger partial charge is 0.300 e. The van der Waals surface area contributed by atoms with Gasteiger partial charge < -0.3 is 5.32 Å². The van der Waals surface area contributed by atoms with E-state index in [9.17, 15) is 9.18 Å². The number of rotatable bonds is 7. The van der Waals surface area contributed by atoms with E-state index in [4.69, 9.17) is 0 Å². The van der Waals surface area contributed by atoms with Gasteiger partial charge >= 0.3 is 0 Å². The Labute approximate surface area is 190 Å². The van der Waals surface area contributed by atoms with Crippen molar-refractivity contribution < 1.29 is 9.18 Å². The molecule has 1 aromatic carbocycles. The maximum Gasteiger partial charge on any atom is 0.232 e. The number of allylic oxidation sites excluding steroid dienone is 6. The summed E-state index contributed by atoms with van der Waals surface area (Å²) in [6, 6.07) is 6.21. The van der Waals surface area contributed by atoms with Crippen LogP contribution < -0.4 is 5.32 Å². The van der Waals surface area contributed by atoms with E-state index in [1.54, 1.807) is 11.6 Å². The Morgan fingerprint density at radius 2 is 2.28 bits per heavy atom. The fourth-order valence-corrected chi connectivity index (χ4v) is 4.52. The number of fused-ring (bicyclic) bond motifs is 1. The highest BCUT2D eigenvalue weighted by Gasteiger charge is 2.37. The first kappa shape index (κ1) is 22.1. The number of anilines is 1. The molecule has 1 N–H and O–H groups in total. The molecule has 0 aliphatic heterocycles. The molecule has 0 saturated heterocycles. The van der Waals surface area contributed by atoms with Crippen LogP contribution in [0.5, 0.6) is 0 Å². The number of benzene rings is 1. The standard InChI is InChI=1S/C24H26FN5OS/c1-4-5-6-20(24(2,3)22(31)28-23-29-26-15-32-23)16-7-12-21-17(13-16)14-27-30(21)19-10-8-18(25)9-11-19/h4-5,7-10,12-15,19-20H,6,11H2,1-3H3,(H,28,29,31)/b5-4+. The van der Waals surface area contributed by atoms with Gasteiger partial charge in [0.05, 0.1) is 23.2 Å². The van der Waals surface area contributed by atoms with Crippen molar-refractivity contribution in [2.24, 2.45) is 5.41 Å². The summed E-state index contributed by atoms with van der Waals surface area (Å²) in [6.07, 6.45) is 12.1. The zero-order chi connectivity index (χ0) is 22.7. The molecular weight excluding hydrogens is 425 g/mol. The number of nitrogens with one attached hydrogen (secondary N) is 1. The van der Waals surface area contributed by atoms with Crippen molar-refractivity contribution in [3.05, 3.63) is 71.7 Å². The lowest BCUT2D eigenvalue weighted by atomic mass is 9.72. The van der Waals surface area contributed by atoms with Crippen LogP contribution in [0.1, 0.15) is 51.1 Å².